The van der Waals surface area contributed by atoms with Gasteiger partial charge in [0.05, 0.1) is 0 Å². The van der Waals surface area contributed by atoms with Crippen LogP contribution in [-0.4, -0.2) is 22.4 Å². The van der Waals surface area contributed by atoms with E-state index in [0.29, 0.717) is 18.0 Å². The number of rotatable bonds is 6. The van der Waals surface area contributed by atoms with E-state index in [0.717, 1.165) is 18.6 Å². The fourth-order valence-electron chi connectivity index (χ4n) is 2.51. The molecule has 0 aliphatic heterocycles. The number of anilines is 1. The van der Waals surface area contributed by atoms with Gasteiger partial charge in [-0.25, -0.2) is 9.97 Å². The van der Waals surface area contributed by atoms with Crippen LogP contribution in [0.25, 0.3) is 11.5 Å². The first-order valence-electron chi connectivity index (χ1n) is 8.15. The Balaban J connectivity index is 1.61. The largest absolute Gasteiger partial charge is 0.460 e. The predicted octanol–water partition coefficient (Wildman–Crippen LogP) is 2.99. The second-order valence-corrected chi connectivity index (χ2v) is 5.75. The van der Waals surface area contributed by atoms with Crippen molar-refractivity contribution in [3.8, 4) is 11.5 Å². The summed E-state index contributed by atoms with van der Waals surface area (Å²) in [6.45, 7) is 2.40. The summed E-state index contributed by atoms with van der Waals surface area (Å²) in [6, 6.07) is 15.4. The molecule has 0 spiro atoms. The Morgan fingerprint density at radius 3 is 2.68 bits per heavy atom. The number of hydrogen-bond acceptors (Lipinski definition) is 5. The van der Waals surface area contributed by atoms with Gasteiger partial charge in [0.15, 0.2) is 5.76 Å². The van der Waals surface area contributed by atoms with Crippen molar-refractivity contribution in [1.29, 1.82) is 0 Å². The molecule has 0 atom stereocenters. The maximum Gasteiger partial charge on any atom is 0.270 e. The predicted molar refractivity (Wildman–Crippen MR) is 96.0 cm³/mol. The van der Waals surface area contributed by atoms with Crippen LogP contribution in [0.1, 0.15) is 28.2 Å². The van der Waals surface area contributed by atoms with E-state index in [1.165, 1.54) is 5.56 Å². The molecule has 2 heterocycles. The van der Waals surface area contributed by atoms with Crippen LogP contribution >= 0.6 is 0 Å². The molecule has 0 bridgehead atoms. The van der Waals surface area contributed by atoms with Gasteiger partial charge < -0.3 is 15.5 Å². The van der Waals surface area contributed by atoms with Crippen LogP contribution in [0.2, 0.25) is 0 Å². The molecule has 1 aromatic carbocycles. The fraction of sp³-hybridized carbons (Fsp3) is 0.211. The number of aryl methyl sites for hydroxylation is 2. The third kappa shape index (κ3) is 4.44. The number of nitrogens with two attached hydrogens (primary N) is 1. The molecule has 6 nitrogen and oxygen atoms in total. The van der Waals surface area contributed by atoms with E-state index in [1.54, 1.807) is 12.1 Å². The Kier molecular flexibility index (Phi) is 5.09. The number of nitrogen functional groups attached to an aromatic ring is 1. The van der Waals surface area contributed by atoms with Crippen LogP contribution in [-0.2, 0) is 6.42 Å². The Bertz CT molecular complexity index is 859. The third-order valence-corrected chi connectivity index (χ3v) is 3.74. The molecule has 25 heavy (non-hydrogen) atoms. The second-order valence-electron chi connectivity index (χ2n) is 5.75. The molecule has 0 aliphatic carbocycles. The minimum absolute atomic E-state index is 0.0426. The van der Waals surface area contributed by atoms with Crippen LogP contribution in [0.3, 0.4) is 0 Å². The number of carbonyl (C=O) groups is 1. The zero-order chi connectivity index (χ0) is 17.6. The first-order chi connectivity index (χ1) is 12.1. The zero-order valence-corrected chi connectivity index (χ0v) is 14.0. The molecule has 6 heteroatoms. The first kappa shape index (κ1) is 16.7. The monoisotopic (exact) mass is 336 g/mol. The van der Waals surface area contributed by atoms with Crippen molar-refractivity contribution in [2.75, 3.05) is 12.3 Å². The van der Waals surface area contributed by atoms with Crippen LogP contribution in [0.4, 0.5) is 5.95 Å². The molecular formula is C19H20N4O2. The van der Waals surface area contributed by atoms with Gasteiger partial charge in [-0.05, 0) is 43.5 Å². The Morgan fingerprint density at radius 1 is 1.16 bits per heavy atom. The van der Waals surface area contributed by atoms with E-state index >= 15 is 0 Å². The summed E-state index contributed by atoms with van der Waals surface area (Å²) in [5.74, 6) is 1.09. The molecule has 2 aromatic heterocycles. The quantitative estimate of drug-likeness (QED) is 0.675. The van der Waals surface area contributed by atoms with Gasteiger partial charge in [-0.1, -0.05) is 30.3 Å². The summed E-state index contributed by atoms with van der Waals surface area (Å²) in [7, 11) is 0. The number of hydrogen-bond donors (Lipinski definition) is 2. The maximum absolute atomic E-state index is 12.3. The van der Waals surface area contributed by atoms with Crippen molar-refractivity contribution >= 4 is 11.9 Å². The van der Waals surface area contributed by atoms with Crippen molar-refractivity contribution in [2.45, 2.75) is 19.8 Å². The topological polar surface area (TPSA) is 94.0 Å². The molecule has 3 aromatic rings. The lowest BCUT2D eigenvalue weighted by Gasteiger charge is -2.06. The van der Waals surface area contributed by atoms with Crippen LogP contribution < -0.4 is 11.1 Å². The smallest absolute Gasteiger partial charge is 0.270 e. The van der Waals surface area contributed by atoms with Gasteiger partial charge in [-0.15, -0.1) is 0 Å². The maximum atomic E-state index is 12.3. The Morgan fingerprint density at radius 2 is 1.96 bits per heavy atom. The van der Waals surface area contributed by atoms with E-state index < -0.39 is 0 Å². The van der Waals surface area contributed by atoms with Crippen molar-refractivity contribution in [3.63, 3.8) is 0 Å². The van der Waals surface area contributed by atoms with Crippen molar-refractivity contribution in [3.05, 3.63) is 65.5 Å². The van der Waals surface area contributed by atoms with E-state index in [2.05, 4.69) is 27.4 Å². The molecule has 0 unspecified atom stereocenters. The van der Waals surface area contributed by atoms with Gasteiger partial charge >= 0.3 is 0 Å². The lowest BCUT2D eigenvalue weighted by Crippen LogP contribution is -2.26. The first-order valence-corrected chi connectivity index (χ1v) is 8.15. The number of amides is 1. The lowest BCUT2D eigenvalue weighted by molar-refractivity contribution is 0.0948. The summed E-state index contributed by atoms with van der Waals surface area (Å²) in [5, 5.41) is 2.86. The molecule has 1 amide bonds. The van der Waals surface area contributed by atoms with Gasteiger partial charge in [0.1, 0.15) is 17.1 Å². The second kappa shape index (κ2) is 7.61. The van der Waals surface area contributed by atoms with Gasteiger partial charge in [0.25, 0.3) is 5.91 Å². The molecule has 0 saturated carbocycles. The van der Waals surface area contributed by atoms with Gasteiger partial charge in [-0.2, -0.15) is 0 Å². The van der Waals surface area contributed by atoms with Crippen LogP contribution in [0.5, 0.6) is 0 Å². The van der Waals surface area contributed by atoms with E-state index in [1.807, 2.05) is 31.2 Å². The van der Waals surface area contributed by atoms with E-state index in [-0.39, 0.29) is 17.5 Å². The molecule has 3 N–H and O–H groups in total. The highest BCUT2D eigenvalue weighted by atomic mass is 16.3. The molecule has 0 saturated heterocycles. The average molecular weight is 336 g/mol. The Labute approximate surface area is 146 Å². The molecule has 0 fully saturated rings. The van der Waals surface area contributed by atoms with E-state index in [9.17, 15) is 4.79 Å². The van der Waals surface area contributed by atoms with Crippen molar-refractivity contribution < 1.29 is 9.21 Å². The number of nitrogens with zero attached hydrogens (tertiary/aromatic N) is 2. The molecule has 0 radical (unpaired) electrons. The molecule has 0 aliphatic rings. The third-order valence-electron chi connectivity index (χ3n) is 3.74. The summed E-state index contributed by atoms with van der Waals surface area (Å²) >= 11 is 0. The van der Waals surface area contributed by atoms with Gasteiger partial charge in [-0.3, -0.25) is 4.79 Å². The summed E-state index contributed by atoms with van der Waals surface area (Å²) < 4.78 is 5.53. The fourth-order valence-corrected chi connectivity index (χ4v) is 2.51. The highest BCUT2D eigenvalue weighted by Crippen LogP contribution is 2.21. The SMILES string of the molecule is Cc1ccc(-c2cc(C(=O)NCCCc3ccccc3)nc(N)n2)o1. The minimum Gasteiger partial charge on any atom is -0.460 e. The number of benzene rings is 1. The van der Waals surface area contributed by atoms with Crippen molar-refractivity contribution in [1.82, 2.24) is 15.3 Å². The summed E-state index contributed by atoms with van der Waals surface area (Å²) in [6.07, 6.45) is 1.75. The zero-order valence-electron chi connectivity index (χ0n) is 14.0. The molecular weight excluding hydrogens is 316 g/mol. The highest BCUT2D eigenvalue weighted by Gasteiger charge is 2.13. The molecule has 3 rings (SSSR count). The van der Waals surface area contributed by atoms with Crippen molar-refractivity contribution in [2.24, 2.45) is 0 Å². The standard InChI is InChI=1S/C19H20N4O2/c1-13-9-10-17(25-13)15-12-16(23-19(20)22-15)18(24)21-11-5-8-14-6-3-2-4-7-14/h2-4,6-7,9-10,12H,5,8,11H2,1H3,(H,21,24)(H2,20,22,23). The highest BCUT2D eigenvalue weighted by molar-refractivity contribution is 5.93. The number of aromatic nitrogens is 2. The van der Waals surface area contributed by atoms with Crippen LogP contribution in [0, 0.1) is 6.92 Å². The molecule has 128 valence electrons. The van der Waals surface area contributed by atoms with Crippen LogP contribution in [0.15, 0.2) is 52.9 Å². The summed E-state index contributed by atoms with van der Waals surface area (Å²) in [5.41, 5.74) is 7.70. The van der Waals surface area contributed by atoms with Gasteiger partial charge in [0, 0.05) is 6.54 Å². The normalized spacial score (nSPS) is 10.6. The minimum atomic E-state index is -0.272. The Hall–Kier alpha value is -3.15. The van der Waals surface area contributed by atoms with Gasteiger partial charge in [0.2, 0.25) is 5.95 Å². The number of carbonyl (C=O) groups excluding carboxylic acids is 1. The number of furan rings is 1. The summed E-state index contributed by atoms with van der Waals surface area (Å²) in [4.78, 5) is 20.5. The van der Waals surface area contributed by atoms with E-state index in [4.69, 9.17) is 10.2 Å². The lowest BCUT2D eigenvalue weighted by atomic mass is 10.1. The average Bonchev–Trinajstić information content (AvgIpc) is 3.05. The number of nitrogens with one attached hydrogen (secondary N) is 1.